The zero-order chi connectivity index (χ0) is 20.7. The molecule has 28 heavy (non-hydrogen) atoms. The van der Waals surface area contributed by atoms with Gasteiger partial charge in [-0.2, -0.15) is 0 Å². The number of nitrogens with zero attached hydrogens (tertiary/aromatic N) is 2. The highest BCUT2D eigenvalue weighted by molar-refractivity contribution is 5.74. The molecular formula is C19H23F3N2O4. The molecule has 0 unspecified atom stereocenters. The summed E-state index contributed by atoms with van der Waals surface area (Å²) in [7, 11) is 0. The van der Waals surface area contributed by atoms with Crippen molar-refractivity contribution in [3.8, 4) is 5.75 Å². The molecule has 2 aromatic rings. The zero-order valence-electron chi connectivity index (χ0n) is 16.2. The highest BCUT2D eigenvalue weighted by Crippen LogP contribution is 2.33. The summed E-state index contributed by atoms with van der Waals surface area (Å²) in [4.78, 5) is 18.5. The van der Waals surface area contributed by atoms with Gasteiger partial charge in [0, 0.05) is 18.7 Å². The number of carbonyl (C=O) groups is 1. The van der Waals surface area contributed by atoms with E-state index in [4.69, 9.17) is 9.15 Å². The van der Waals surface area contributed by atoms with Gasteiger partial charge in [-0.25, -0.2) is 9.78 Å². The van der Waals surface area contributed by atoms with Crippen LogP contribution in [-0.4, -0.2) is 40.5 Å². The summed E-state index contributed by atoms with van der Waals surface area (Å²) < 4.78 is 52.3. The predicted molar refractivity (Wildman–Crippen MR) is 95.1 cm³/mol. The van der Waals surface area contributed by atoms with Crippen LogP contribution in [0.1, 0.15) is 52.3 Å². The molecule has 1 saturated heterocycles. The number of likely N-dealkylation sites (tertiary alicyclic amines) is 1. The third-order valence-electron chi connectivity index (χ3n) is 4.47. The number of amides is 1. The average molecular weight is 400 g/mol. The van der Waals surface area contributed by atoms with Crippen molar-refractivity contribution in [3.05, 3.63) is 24.1 Å². The van der Waals surface area contributed by atoms with Gasteiger partial charge in [-0.05, 0) is 52.7 Å². The number of hydrogen-bond donors (Lipinski definition) is 0. The van der Waals surface area contributed by atoms with Gasteiger partial charge in [0.2, 0.25) is 0 Å². The van der Waals surface area contributed by atoms with E-state index in [2.05, 4.69) is 9.72 Å². The third-order valence-corrected chi connectivity index (χ3v) is 4.47. The summed E-state index contributed by atoms with van der Waals surface area (Å²) in [5, 5.41) is 0. The Bertz CT molecular complexity index is 857. The molecule has 1 aromatic carbocycles. The Morgan fingerprint density at radius 1 is 1.25 bits per heavy atom. The summed E-state index contributed by atoms with van der Waals surface area (Å²) in [6.45, 7) is 7.73. The normalized spacial score (nSPS) is 21.0. The Balaban J connectivity index is 1.78. The molecule has 9 heteroatoms. The number of rotatable bonds is 2. The Morgan fingerprint density at radius 3 is 2.61 bits per heavy atom. The topological polar surface area (TPSA) is 64.8 Å². The monoisotopic (exact) mass is 400 g/mol. The first-order chi connectivity index (χ1) is 12.9. The molecule has 3 rings (SSSR count). The van der Waals surface area contributed by atoms with Crippen molar-refractivity contribution in [2.75, 3.05) is 6.54 Å². The van der Waals surface area contributed by atoms with Gasteiger partial charge in [0.25, 0.3) is 0 Å². The van der Waals surface area contributed by atoms with Crippen LogP contribution in [0.2, 0.25) is 0 Å². The van der Waals surface area contributed by atoms with E-state index in [0.29, 0.717) is 18.0 Å². The highest BCUT2D eigenvalue weighted by Gasteiger charge is 2.35. The maximum Gasteiger partial charge on any atom is 0.573 e. The number of halogens is 3. The second-order valence-corrected chi connectivity index (χ2v) is 7.99. The highest BCUT2D eigenvalue weighted by atomic mass is 19.4. The molecule has 154 valence electrons. The summed E-state index contributed by atoms with van der Waals surface area (Å²) in [6.07, 6.45) is -3.68. The van der Waals surface area contributed by atoms with E-state index < -0.39 is 18.1 Å². The number of aromatic nitrogens is 1. The minimum atomic E-state index is -4.77. The van der Waals surface area contributed by atoms with Gasteiger partial charge in [0.1, 0.15) is 16.9 Å². The van der Waals surface area contributed by atoms with E-state index in [9.17, 15) is 18.0 Å². The van der Waals surface area contributed by atoms with Crippen molar-refractivity contribution in [2.45, 2.75) is 64.5 Å². The first kappa shape index (κ1) is 20.3. The fraction of sp³-hybridized carbons (Fsp3) is 0.579. The minimum Gasteiger partial charge on any atom is -0.444 e. The standard InChI is InChI=1S/C19H23F3N2O4/c1-11-5-6-12(10-24(11)17(25)28-18(2,3)4)16-23-14-9-13(27-19(20,21)22)7-8-15(14)26-16/h7-9,11-12H,5-6,10H2,1-4H3/t11-,12-/m1/s1. The van der Waals surface area contributed by atoms with Crippen molar-refractivity contribution in [2.24, 2.45) is 0 Å². The van der Waals surface area contributed by atoms with Gasteiger partial charge in [-0.1, -0.05) is 0 Å². The lowest BCUT2D eigenvalue weighted by atomic mass is 9.94. The zero-order valence-corrected chi connectivity index (χ0v) is 16.2. The van der Waals surface area contributed by atoms with Gasteiger partial charge >= 0.3 is 12.5 Å². The van der Waals surface area contributed by atoms with Crippen LogP contribution in [0.15, 0.2) is 22.6 Å². The molecule has 0 N–H and O–H groups in total. The molecule has 0 saturated carbocycles. The molecule has 0 radical (unpaired) electrons. The maximum atomic E-state index is 12.5. The van der Waals surface area contributed by atoms with E-state index in [0.717, 1.165) is 12.8 Å². The summed E-state index contributed by atoms with van der Waals surface area (Å²) in [5.74, 6) is -0.129. The Kier molecular flexibility index (Phi) is 5.20. The second-order valence-electron chi connectivity index (χ2n) is 7.99. The average Bonchev–Trinajstić information content (AvgIpc) is 2.95. The molecule has 2 heterocycles. The molecule has 1 aromatic heterocycles. The first-order valence-corrected chi connectivity index (χ1v) is 9.07. The fourth-order valence-electron chi connectivity index (χ4n) is 3.18. The Morgan fingerprint density at radius 2 is 1.96 bits per heavy atom. The predicted octanol–water partition coefficient (Wildman–Crippen LogP) is 5.23. The number of alkyl halides is 3. The van der Waals surface area contributed by atoms with Crippen LogP contribution in [0.3, 0.4) is 0 Å². The molecular weight excluding hydrogens is 377 g/mol. The van der Waals surface area contributed by atoms with Gasteiger partial charge in [0.05, 0.1) is 5.92 Å². The van der Waals surface area contributed by atoms with Crippen LogP contribution >= 0.6 is 0 Å². The van der Waals surface area contributed by atoms with Gasteiger partial charge < -0.3 is 18.8 Å². The summed E-state index contributed by atoms with van der Waals surface area (Å²) in [6, 6.07) is 3.78. The first-order valence-electron chi connectivity index (χ1n) is 9.07. The van der Waals surface area contributed by atoms with E-state index in [1.807, 2.05) is 6.92 Å². The Hall–Kier alpha value is -2.45. The fourth-order valence-corrected chi connectivity index (χ4v) is 3.18. The van der Waals surface area contributed by atoms with Crippen molar-refractivity contribution in [3.63, 3.8) is 0 Å². The number of ether oxygens (including phenoxy) is 2. The number of oxazole rings is 1. The number of hydrogen-bond acceptors (Lipinski definition) is 5. The number of carbonyl (C=O) groups excluding carboxylic acids is 1. The number of benzene rings is 1. The van der Waals surface area contributed by atoms with Crippen molar-refractivity contribution in [1.29, 1.82) is 0 Å². The summed E-state index contributed by atoms with van der Waals surface area (Å²) >= 11 is 0. The van der Waals surface area contributed by atoms with Crippen LogP contribution in [0, 0.1) is 0 Å². The van der Waals surface area contributed by atoms with E-state index >= 15 is 0 Å². The lowest BCUT2D eigenvalue weighted by Gasteiger charge is -2.37. The van der Waals surface area contributed by atoms with Gasteiger partial charge in [-0.15, -0.1) is 13.2 Å². The molecule has 6 nitrogen and oxygen atoms in total. The molecule has 0 aliphatic carbocycles. The van der Waals surface area contributed by atoms with E-state index in [-0.39, 0.29) is 23.2 Å². The second kappa shape index (κ2) is 7.18. The molecule has 1 fully saturated rings. The lowest BCUT2D eigenvalue weighted by Crippen LogP contribution is -2.47. The van der Waals surface area contributed by atoms with Crippen LogP contribution in [0.25, 0.3) is 11.1 Å². The molecule has 1 aliphatic rings. The van der Waals surface area contributed by atoms with Crippen LogP contribution in [-0.2, 0) is 4.74 Å². The van der Waals surface area contributed by atoms with Crippen molar-refractivity contribution < 1.29 is 31.9 Å². The number of piperidine rings is 1. The van der Waals surface area contributed by atoms with Crippen LogP contribution < -0.4 is 4.74 Å². The molecule has 1 aliphatic heterocycles. The molecule has 0 bridgehead atoms. The van der Waals surface area contributed by atoms with Crippen LogP contribution in [0.5, 0.6) is 5.75 Å². The lowest BCUT2D eigenvalue weighted by molar-refractivity contribution is -0.274. The van der Waals surface area contributed by atoms with Gasteiger partial charge in [-0.3, -0.25) is 0 Å². The molecule has 2 atom stereocenters. The third kappa shape index (κ3) is 4.88. The molecule has 1 amide bonds. The molecule has 0 spiro atoms. The Labute approximate surface area is 160 Å². The van der Waals surface area contributed by atoms with E-state index in [1.165, 1.54) is 18.2 Å². The maximum absolute atomic E-state index is 12.5. The summed E-state index contributed by atoms with van der Waals surface area (Å²) in [5.41, 5.74) is 0.0436. The van der Waals surface area contributed by atoms with E-state index in [1.54, 1.807) is 25.7 Å². The van der Waals surface area contributed by atoms with Gasteiger partial charge in [0.15, 0.2) is 11.5 Å². The smallest absolute Gasteiger partial charge is 0.444 e. The number of fused-ring (bicyclic) bond motifs is 1. The quantitative estimate of drug-likeness (QED) is 0.691. The minimum absolute atomic E-state index is 0.0160. The van der Waals surface area contributed by atoms with Crippen molar-refractivity contribution >= 4 is 17.2 Å². The largest absolute Gasteiger partial charge is 0.573 e. The SMILES string of the molecule is C[C@@H]1CC[C@@H](c2nc3cc(OC(F)(F)F)ccc3o2)CN1C(=O)OC(C)(C)C. The van der Waals surface area contributed by atoms with Crippen molar-refractivity contribution in [1.82, 2.24) is 9.88 Å². The van der Waals surface area contributed by atoms with Crippen LogP contribution in [0.4, 0.5) is 18.0 Å².